The summed E-state index contributed by atoms with van der Waals surface area (Å²) < 4.78 is 5.96. The molecule has 1 heterocycles. The summed E-state index contributed by atoms with van der Waals surface area (Å²) in [6, 6.07) is 15.2. The number of hydrogen-bond acceptors (Lipinski definition) is 4. The molecule has 1 aliphatic rings. The van der Waals surface area contributed by atoms with Gasteiger partial charge in [0, 0.05) is 18.5 Å². The van der Waals surface area contributed by atoms with Gasteiger partial charge in [0.25, 0.3) is 5.91 Å². The minimum absolute atomic E-state index is 0.0736. The lowest BCUT2D eigenvalue weighted by molar-refractivity contribution is -0.117. The minimum atomic E-state index is -0.579. The van der Waals surface area contributed by atoms with Gasteiger partial charge in [0.1, 0.15) is 11.9 Å². The molecule has 0 saturated heterocycles. The monoisotopic (exact) mass is 409 g/mol. The van der Waals surface area contributed by atoms with E-state index in [0.29, 0.717) is 24.6 Å². The second kappa shape index (κ2) is 10.3. The number of aliphatic imine (C=N–C) groups is 1. The molecule has 1 aliphatic heterocycles. The van der Waals surface area contributed by atoms with Gasteiger partial charge in [-0.1, -0.05) is 30.3 Å². The summed E-state index contributed by atoms with van der Waals surface area (Å²) in [6.45, 7) is 3.69. The number of rotatable bonds is 8. The van der Waals surface area contributed by atoms with Gasteiger partial charge < -0.3 is 26.4 Å². The molecule has 0 fully saturated rings. The van der Waals surface area contributed by atoms with Crippen molar-refractivity contribution < 1.29 is 14.3 Å². The Labute approximate surface area is 175 Å². The molecule has 0 spiro atoms. The highest BCUT2D eigenvalue weighted by Crippen LogP contribution is 2.27. The van der Waals surface area contributed by atoms with Crippen LogP contribution in [0.25, 0.3) is 0 Å². The number of primary amides is 1. The van der Waals surface area contributed by atoms with Crippen LogP contribution in [-0.4, -0.2) is 43.5 Å². The van der Waals surface area contributed by atoms with Crippen molar-refractivity contribution in [1.82, 2.24) is 16.0 Å². The molecule has 3 rings (SSSR count). The van der Waals surface area contributed by atoms with E-state index in [1.165, 1.54) is 5.56 Å². The normalized spacial score (nSPS) is 15.1. The highest BCUT2D eigenvalue weighted by molar-refractivity contribution is 5.96. The molecule has 0 bridgehead atoms. The predicted octanol–water partition coefficient (Wildman–Crippen LogP) is 0.961. The van der Waals surface area contributed by atoms with E-state index in [-0.39, 0.29) is 18.6 Å². The largest absolute Gasteiger partial charge is 0.488 e. The molecule has 8 nitrogen and oxygen atoms in total. The van der Waals surface area contributed by atoms with Crippen molar-refractivity contribution in [1.29, 1.82) is 0 Å². The Morgan fingerprint density at radius 3 is 2.57 bits per heavy atom. The molecule has 1 unspecified atom stereocenters. The van der Waals surface area contributed by atoms with Gasteiger partial charge >= 0.3 is 0 Å². The number of carbonyl (C=O) groups excluding carboxylic acids is 2. The van der Waals surface area contributed by atoms with Crippen LogP contribution < -0.4 is 26.4 Å². The second-order valence-corrected chi connectivity index (χ2v) is 6.97. The van der Waals surface area contributed by atoms with Crippen LogP contribution in [0.5, 0.6) is 5.75 Å². The number of benzene rings is 2. The van der Waals surface area contributed by atoms with Gasteiger partial charge in [0.05, 0.1) is 19.6 Å². The standard InChI is InChI=1S/C22H27N5O3/c1-2-24-22(27-13-18-11-17-5-3-4-6-19(17)30-18)26-12-15-7-9-16(10-8-15)21(29)25-14-20(23)28/h3-10,18H,2,11-14H2,1H3,(H2,23,28)(H,25,29)(H2,24,26,27). The van der Waals surface area contributed by atoms with E-state index in [1.54, 1.807) is 12.1 Å². The smallest absolute Gasteiger partial charge is 0.251 e. The summed E-state index contributed by atoms with van der Waals surface area (Å²) in [4.78, 5) is 27.3. The molecule has 8 heteroatoms. The van der Waals surface area contributed by atoms with Crippen molar-refractivity contribution in [2.45, 2.75) is 26.0 Å². The van der Waals surface area contributed by atoms with Crippen LogP contribution in [0.3, 0.4) is 0 Å². The van der Waals surface area contributed by atoms with Crippen LogP contribution in [-0.2, 0) is 17.8 Å². The van der Waals surface area contributed by atoms with E-state index in [2.05, 4.69) is 27.0 Å². The van der Waals surface area contributed by atoms with Crippen LogP contribution in [0.15, 0.2) is 53.5 Å². The highest BCUT2D eigenvalue weighted by Gasteiger charge is 2.22. The molecule has 1 atom stereocenters. The zero-order valence-corrected chi connectivity index (χ0v) is 17.0. The number of ether oxygens (including phenoxy) is 1. The Kier molecular flexibility index (Phi) is 7.26. The molecule has 2 aromatic carbocycles. The molecule has 0 saturated carbocycles. The zero-order valence-electron chi connectivity index (χ0n) is 17.0. The Balaban J connectivity index is 1.52. The fraction of sp³-hybridized carbons (Fsp3) is 0.318. The third-order valence-corrected chi connectivity index (χ3v) is 4.61. The van der Waals surface area contributed by atoms with Gasteiger partial charge in [-0.25, -0.2) is 4.99 Å². The molecule has 0 aromatic heterocycles. The Bertz CT molecular complexity index is 886. The summed E-state index contributed by atoms with van der Waals surface area (Å²) in [5.41, 5.74) is 7.69. The molecular formula is C22H27N5O3. The number of fused-ring (bicyclic) bond motifs is 1. The Morgan fingerprint density at radius 1 is 1.10 bits per heavy atom. The summed E-state index contributed by atoms with van der Waals surface area (Å²) in [5.74, 6) is 0.743. The van der Waals surface area contributed by atoms with Crippen LogP contribution in [0.1, 0.15) is 28.4 Å². The van der Waals surface area contributed by atoms with Crippen molar-refractivity contribution in [3.63, 3.8) is 0 Å². The van der Waals surface area contributed by atoms with E-state index >= 15 is 0 Å². The Hall–Kier alpha value is -3.55. The Morgan fingerprint density at radius 2 is 1.87 bits per heavy atom. The number of guanidine groups is 1. The first-order chi connectivity index (χ1) is 14.5. The SMILES string of the molecule is CCNC(=NCc1ccc(C(=O)NCC(N)=O)cc1)NCC1Cc2ccccc2O1. The molecule has 30 heavy (non-hydrogen) atoms. The maximum absolute atomic E-state index is 11.9. The summed E-state index contributed by atoms with van der Waals surface area (Å²) in [7, 11) is 0. The molecule has 158 valence electrons. The molecule has 2 amide bonds. The summed E-state index contributed by atoms with van der Waals surface area (Å²) >= 11 is 0. The van der Waals surface area contributed by atoms with Crippen LogP contribution in [0.2, 0.25) is 0 Å². The third kappa shape index (κ3) is 5.97. The van der Waals surface area contributed by atoms with E-state index in [4.69, 9.17) is 10.5 Å². The first-order valence-corrected chi connectivity index (χ1v) is 9.97. The number of carbonyl (C=O) groups is 2. The van der Waals surface area contributed by atoms with Gasteiger partial charge in [-0.05, 0) is 36.2 Å². The summed E-state index contributed by atoms with van der Waals surface area (Å²) in [6.07, 6.45) is 0.950. The third-order valence-electron chi connectivity index (χ3n) is 4.61. The molecule has 0 radical (unpaired) electrons. The van der Waals surface area contributed by atoms with Crippen molar-refractivity contribution in [3.05, 3.63) is 65.2 Å². The average Bonchev–Trinajstić information content (AvgIpc) is 3.17. The van der Waals surface area contributed by atoms with Gasteiger partial charge in [0.15, 0.2) is 5.96 Å². The summed E-state index contributed by atoms with van der Waals surface area (Å²) in [5, 5.41) is 9.02. The number of nitrogens with one attached hydrogen (secondary N) is 3. The lowest BCUT2D eigenvalue weighted by Gasteiger charge is -2.15. The van der Waals surface area contributed by atoms with Gasteiger partial charge in [0.2, 0.25) is 5.91 Å². The van der Waals surface area contributed by atoms with Crippen LogP contribution in [0.4, 0.5) is 0 Å². The van der Waals surface area contributed by atoms with Crippen LogP contribution >= 0.6 is 0 Å². The van der Waals surface area contributed by atoms with Crippen molar-refractivity contribution in [2.24, 2.45) is 10.7 Å². The average molecular weight is 409 g/mol. The van der Waals surface area contributed by atoms with Gasteiger partial charge in [-0.15, -0.1) is 0 Å². The topological polar surface area (TPSA) is 118 Å². The number of amides is 2. The first-order valence-electron chi connectivity index (χ1n) is 9.97. The van der Waals surface area contributed by atoms with Gasteiger partial charge in [-0.3, -0.25) is 9.59 Å². The van der Waals surface area contributed by atoms with Crippen molar-refractivity contribution in [2.75, 3.05) is 19.6 Å². The first kappa shape index (κ1) is 21.2. The maximum Gasteiger partial charge on any atom is 0.251 e. The van der Waals surface area contributed by atoms with E-state index in [9.17, 15) is 9.59 Å². The molecule has 2 aromatic rings. The number of hydrogen-bond donors (Lipinski definition) is 4. The minimum Gasteiger partial charge on any atom is -0.488 e. The quantitative estimate of drug-likeness (QED) is 0.383. The van der Waals surface area contributed by atoms with E-state index < -0.39 is 5.91 Å². The number of para-hydroxylation sites is 1. The fourth-order valence-electron chi connectivity index (χ4n) is 3.12. The van der Waals surface area contributed by atoms with E-state index in [1.807, 2.05) is 37.3 Å². The lowest BCUT2D eigenvalue weighted by atomic mass is 10.1. The van der Waals surface area contributed by atoms with Crippen molar-refractivity contribution >= 4 is 17.8 Å². The predicted molar refractivity (Wildman–Crippen MR) is 115 cm³/mol. The van der Waals surface area contributed by atoms with Crippen LogP contribution in [0, 0.1) is 0 Å². The number of nitrogens with zero attached hydrogens (tertiary/aromatic N) is 1. The fourth-order valence-corrected chi connectivity index (χ4v) is 3.12. The number of nitrogens with two attached hydrogens (primary N) is 1. The molecular weight excluding hydrogens is 382 g/mol. The zero-order chi connectivity index (χ0) is 21.3. The maximum atomic E-state index is 11.9. The lowest BCUT2D eigenvalue weighted by Crippen LogP contribution is -2.42. The van der Waals surface area contributed by atoms with E-state index in [0.717, 1.165) is 24.3 Å². The molecule has 0 aliphatic carbocycles. The second-order valence-electron chi connectivity index (χ2n) is 6.97. The van der Waals surface area contributed by atoms with Gasteiger partial charge in [-0.2, -0.15) is 0 Å². The van der Waals surface area contributed by atoms with Crippen molar-refractivity contribution in [3.8, 4) is 5.75 Å². The molecule has 5 N–H and O–H groups in total. The highest BCUT2D eigenvalue weighted by atomic mass is 16.5.